The average molecular weight is 219 g/mol. The van der Waals surface area contributed by atoms with Crippen LogP contribution >= 0.6 is 0 Å². The number of amides is 1. The lowest BCUT2D eigenvalue weighted by molar-refractivity contribution is -0.178. The quantitative estimate of drug-likeness (QED) is 0.333. The molecule has 1 aliphatic rings. The van der Waals surface area contributed by atoms with Crippen LogP contribution in [-0.2, 0) is 9.53 Å². The van der Waals surface area contributed by atoms with Crippen LogP contribution in [0.2, 0.25) is 0 Å². The summed E-state index contributed by atoms with van der Waals surface area (Å²) < 4.78 is 4.87. The third-order valence-corrected chi connectivity index (χ3v) is 2.32. The van der Waals surface area contributed by atoms with Crippen molar-refractivity contribution in [2.45, 2.75) is 37.4 Å². The molecule has 0 saturated carbocycles. The van der Waals surface area contributed by atoms with Crippen molar-refractivity contribution in [3.63, 3.8) is 0 Å². The zero-order chi connectivity index (χ0) is 11.6. The van der Waals surface area contributed by atoms with Crippen molar-refractivity contribution in [1.82, 2.24) is 5.32 Å². The molecular formula is C8H17N3O4. The van der Waals surface area contributed by atoms with Crippen LogP contribution in [-0.4, -0.2) is 53.2 Å². The highest BCUT2D eigenvalue weighted by Crippen LogP contribution is 2.11. The SMILES string of the molecule is C[C@@H](N)C(=O)NC1COC(O)C(N)C1O. The molecule has 1 saturated heterocycles. The predicted octanol–water partition coefficient (Wildman–Crippen LogP) is -3.14. The smallest absolute Gasteiger partial charge is 0.237 e. The Hall–Kier alpha value is -0.730. The van der Waals surface area contributed by atoms with E-state index in [9.17, 15) is 9.90 Å². The Morgan fingerprint density at radius 1 is 1.60 bits per heavy atom. The molecule has 1 fully saturated rings. The number of nitrogens with two attached hydrogens (primary N) is 2. The van der Waals surface area contributed by atoms with E-state index in [2.05, 4.69) is 5.32 Å². The first-order valence-electron chi connectivity index (χ1n) is 4.72. The first-order valence-corrected chi connectivity index (χ1v) is 4.72. The van der Waals surface area contributed by atoms with Gasteiger partial charge in [-0.05, 0) is 6.92 Å². The molecular weight excluding hydrogens is 202 g/mol. The van der Waals surface area contributed by atoms with E-state index in [1.165, 1.54) is 6.92 Å². The van der Waals surface area contributed by atoms with Gasteiger partial charge in [0.15, 0.2) is 6.29 Å². The van der Waals surface area contributed by atoms with Crippen molar-refractivity contribution in [1.29, 1.82) is 0 Å². The maximum Gasteiger partial charge on any atom is 0.237 e. The van der Waals surface area contributed by atoms with Gasteiger partial charge in [-0.15, -0.1) is 0 Å². The molecule has 1 rings (SSSR count). The molecule has 1 heterocycles. The number of ether oxygens (including phenoxy) is 1. The van der Waals surface area contributed by atoms with Gasteiger partial charge in [0.1, 0.15) is 0 Å². The Morgan fingerprint density at radius 3 is 2.73 bits per heavy atom. The van der Waals surface area contributed by atoms with E-state index in [0.717, 1.165) is 0 Å². The van der Waals surface area contributed by atoms with Gasteiger partial charge in [0.25, 0.3) is 0 Å². The molecule has 0 spiro atoms. The molecule has 0 aromatic heterocycles. The predicted molar refractivity (Wildman–Crippen MR) is 51.5 cm³/mol. The summed E-state index contributed by atoms with van der Waals surface area (Å²) >= 11 is 0. The Balaban J connectivity index is 2.53. The molecule has 1 aliphatic heterocycles. The molecule has 15 heavy (non-hydrogen) atoms. The summed E-state index contributed by atoms with van der Waals surface area (Å²) in [5.74, 6) is -0.397. The summed E-state index contributed by atoms with van der Waals surface area (Å²) in [4.78, 5) is 11.2. The van der Waals surface area contributed by atoms with Gasteiger partial charge in [-0.1, -0.05) is 0 Å². The molecule has 88 valence electrons. The molecule has 0 bridgehead atoms. The van der Waals surface area contributed by atoms with Crippen molar-refractivity contribution >= 4 is 5.91 Å². The van der Waals surface area contributed by atoms with E-state index in [4.69, 9.17) is 21.3 Å². The first-order chi connectivity index (χ1) is 6.93. The second-order valence-electron chi connectivity index (χ2n) is 3.70. The summed E-state index contributed by atoms with van der Waals surface area (Å²) in [6.45, 7) is 1.54. The number of hydrogen-bond donors (Lipinski definition) is 5. The van der Waals surface area contributed by atoms with Crippen LogP contribution in [0.5, 0.6) is 0 Å². The standard InChI is InChI=1S/C8H17N3O4/c1-3(9)7(13)11-4-2-15-8(14)5(10)6(4)12/h3-6,8,12,14H,2,9-10H2,1H3,(H,11,13)/t3-,4?,5?,6?,8?/m1/s1. The monoisotopic (exact) mass is 219 g/mol. The first kappa shape index (κ1) is 12.3. The van der Waals surface area contributed by atoms with Crippen molar-refractivity contribution in [3.8, 4) is 0 Å². The van der Waals surface area contributed by atoms with Crippen molar-refractivity contribution in [2.75, 3.05) is 6.61 Å². The molecule has 0 radical (unpaired) electrons. The molecule has 0 aromatic carbocycles. The van der Waals surface area contributed by atoms with E-state index in [-0.39, 0.29) is 6.61 Å². The molecule has 7 heteroatoms. The number of hydrogen-bond acceptors (Lipinski definition) is 6. The molecule has 0 aromatic rings. The highest BCUT2D eigenvalue weighted by molar-refractivity contribution is 5.81. The van der Waals surface area contributed by atoms with Crippen LogP contribution in [0.25, 0.3) is 0 Å². The number of aliphatic hydroxyl groups is 2. The van der Waals surface area contributed by atoms with Crippen LogP contribution in [0, 0.1) is 0 Å². The third kappa shape index (κ3) is 2.86. The van der Waals surface area contributed by atoms with Gasteiger partial charge < -0.3 is 31.7 Å². The number of nitrogens with one attached hydrogen (secondary N) is 1. The van der Waals surface area contributed by atoms with E-state index < -0.39 is 36.4 Å². The van der Waals surface area contributed by atoms with E-state index >= 15 is 0 Å². The van der Waals surface area contributed by atoms with Crippen LogP contribution < -0.4 is 16.8 Å². The minimum Gasteiger partial charge on any atom is -0.389 e. The fourth-order valence-electron chi connectivity index (χ4n) is 1.29. The molecule has 7 N–H and O–H groups in total. The highest BCUT2D eigenvalue weighted by Gasteiger charge is 2.37. The Morgan fingerprint density at radius 2 is 2.20 bits per heavy atom. The minimum absolute atomic E-state index is 0.00843. The second kappa shape index (κ2) is 4.86. The van der Waals surface area contributed by atoms with E-state index in [0.29, 0.717) is 0 Å². The molecule has 1 amide bonds. The van der Waals surface area contributed by atoms with Gasteiger partial charge in [0.2, 0.25) is 5.91 Å². The largest absolute Gasteiger partial charge is 0.389 e. The van der Waals surface area contributed by atoms with Gasteiger partial charge >= 0.3 is 0 Å². The minimum atomic E-state index is -1.21. The van der Waals surface area contributed by atoms with Crippen LogP contribution in [0.4, 0.5) is 0 Å². The van der Waals surface area contributed by atoms with Crippen molar-refractivity contribution < 1.29 is 19.7 Å². The Bertz CT molecular complexity index is 236. The average Bonchev–Trinajstić information content (AvgIpc) is 2.18. The lowest BCUT2D eigenvalue weighted by atomic mass is 10.0. The van der Waals surface area contributed by atoms with Gasteiger partial charge in [-0.3, -0.25) is 4.79 Å². The fourth-order valence-corrected chi connectivity index (χ4v) is 1.29. The summed E-state index contributed by atoms with van der Waals surface area (Å²) in [6, 6.07) is -2.24. The van der Waals surface area contributed by atoms with Crippen molar-refractivity contribution in [2.24, 2.45) is 11.5 Å². The van der Waals surface area contributed by atoms with Crippen LogP contribution in [0.3, 0.4) is 0 Å². The second-order valence-corrected chi connectivity index (χ2v) is 3.70. The number of carbonyl (C=O) groups is 1. The zero-order valence-electron chi connectivity index (χ0n) is 8.46. The van der Waals surface area contributed by atoms with Gasteiger partial charge in [-0.2, -0.15) is 0 Å². The lowest BCUT2D eigenvalue weighted by Gasteiger charge is -2.36. The number of aliphatic hydroxyl groups excluding tert-OH is 2. The maximum absolute atomic E-state index is 11.2. The number of carbonyl (C=O) groups excluding carboxylic acids is 1. The third-order valence-electron chi connectivity index (χ3n) is 2.32. The van der Waals surface area contributed by atoms with Gasteiger partial charge in [-0.25, -0.2) is 0 Å². The van der Waals surface area contributed by atoms with Gasteiger partial charge in [0.05, 0.1) is 30.8 Å². The fraction of sp³-hybridized carbons (Fsp3) is 0.875. The van der Waals surface area contributed by atoms with Crippen LogP contribution in [0.1, 0.15) is 6.92 Å². The zero-order valence-corrected chi connectivity index (χ0v) is 8.46. The van der Waals surface area contributed by atoms with E-state index in [1.54, 1.807) is 0 Å². The number of rotatable bonds is 2. The summed E-state index contributed by atoms with van der Waals surface area (Å²) in [5, 5.41) is 21.3. The molecule has 5 atom stereocenters. The maximum atomic E-state index is 11.2. The lowest BCUT2D eigenvalue weighted by Crippen LogP contribution is -2.63. The van der Waals surface area contributed by atoms with Crippen molar-refractivity contribution in [3.05, 3.63) is 0 Å². The molecule has 4 unspecified atom stereocenters. The normalized spacial score (nSPS) is 38.5. The van der Waals surface area contributed by atoms with Gasteiger partial charge in [0, 0.05) is 0 Å². The summed E-state index contributed by atoms with van der Waals surface area (Å²) in [6.07, 6.45) is -2.25. The Kier molecular flexibility index (Phi) is 4.00. The summed E-state index contributed by atoms with van der Waals surface area (Å²) in [7, 11) is 0. The Labute approximate surface area is 87.4 Å². The van der Waals surface area contributed by atoms with E-state index in [1.807, 2.05) is 0 Å². The summed E-state index contributed by atoms with van der Waals surface area (Å²) in [5.41, 5.74) is 10.8. The molecule has 7 nitrogen and oxygen atoms in total. The van der Waals surface area contributed by atoms with Crippen LogP contribution in [0.15, 0.2) is 0 Å². The molecule has 0 aliphatic carbocycles. The highest BCUT2D eigenvalue weighted by atomic mass is 16.6. The topological polar surface area (TPSA) is 131 Å².